The molecular formula is C25H28F3N7O3S. The molecule has 0 bridgehead atoms. The number of nitrogens with one attached hydrogen (secondary N) is 3. The smallest absolute Gasteiger partial charge is 0.357 e. The normalized spacial score (nSPS) is 17.9. The Labute approximate surface area is 223 Å². The van der Waals surface area contributed by atoms with Crippen LogP contribution in [0, 0.1) is 5.92 Å². The highest BCUT2D eigenvalue weighted by Gasteiger charge is 2.33. The molecule has 1 aliphatic carbocycles. The maximum absolute atomic E-state index is 13.2. The Morgan fingerprint density at radius 3 is 2.28 bits per heavy atom. The molecule has 3 N–H and O–H groups in total. The van der Waals surface area contributed by atoms with E-state index in [2.05, 4.69) is 35.9 Å². The first kappa shape index (κ1) is 28.2. The SMILES string of the molecule is CNc1nc(N[C@H]2CC[C@@H](C(=O)NCc3cnccc3C(F)(F)F)CC2)nc(-c2ccc(S(C)(=O)=O)cc2)n1. The van der Waals surface area contributed by atoms with Gasteiger partial charge in [-0.3, -0.25) is 9.78 Å². The lowest BCUT2D eigenvalue weighted by molar-refractivity contribution is -0.138. The van der Waals surface area contributed by atoms with E-state index in [9.17, 15) is 26.4 Å². The van der Waals surface area contributed by atoms with Crippen molar-refractivity contribution >= 4 is 27.6 Å². The van der Waals surface area contributed by atoms with Gasteiger partial charge >= 0.3 is 6.18 Å². The number of halogens is 3. The van der Waals surface area contributed by atoms with Crippen molar-refractivity contribution in [3.05, 3.63) is 53.9 Å². The maximum atomic E-state index is 13.2. The summed E-state index contributed by atoms with van der Waals surface area (Å²) in [6, 6.07) is 7.12. The zero-order valence-electron chi connectivity index (χ0n) is 21.3. The van der Waals surface area contributed by atoms with E-state index in [1.165, 1.54) is 12.1 Å². The summed E-state index contributed by atoms with van der Waals surface area (Å²) in [5.41, 5.74) is -0.271. The zero-order chi connectivity index (χ0) is 28.2. The van der Waals surface area contributed by atoms with Gasteiger partial charge in [0.05, 0.1) is 10.5 Å². The second kappa shape index (κ2) is 11.5. The van der Waals surface area contributed by atoms with Crippen molar-refractivity contribution in [2.45, 2.75) is 49.3 Å². The Bertz CT molecular complexity index is 1430. The van der Waals surface area contributed by atoms with Crippen molar-refractivity contribution < 1.29 is 26.4 Å². The van der Waals surface area contributed by atoms with Crippen LogP contribution in [0.2, 0.25) is 0 Å². The summed E-state index contributed by atoms with van der Waals surface area (Å²) in [6.07, 6.45) is 1.18. The number of aromatic nitrogens is 4. The first-order chi connectivity index (χ1) is 18.4. The van der Waals surface area contributed by atoms with Gasteiger partial charge in [0, 0.05) is 55.3 Å². The Kier molecular flexibility index (Phi) is 8.33. The lowest BCUT2D eigenvalue weighted by atomic mass is 9.85. The summed E-state index contributed by atoms with van der Waals surface area (Å²) in [5, 5.41) is 8.79. The van der Waals surface area contributed by atoms with Crippen molar-refractivity contribution in [1.29, 1.82) is 0 Å². The van der Waals surface area contributed by atoms with E-state index < -0.39 is 21.6 Å². The first-order valence-electron chi connectivity index (χ1n) is 12.2. The van der Waals surface area contributed by atoms with Crippen molar-refractivity contribution in [3.63, 3.8) is 0 Å². The minimum absolute atomic E-state index is 0.0169. The van der Waals surface area contributed by atoms with Crippen LogP contribution in [0.5, 0.6) is 0 Å². The summed E-state index contributed by atoms with van der Waals surface area (Å²) in [7, 11) is -1.66. The number of carbonyl (C=O) groups is 1. The predicted molar refractivity (Wildman–Crippen MR) is 138 cm³/mol. The summed E-state index contributed by atoms with van der Waals surface area (Å²) >= 11 is 0. The van der Waals surface area contributed by atoms with Crippen LogP contribution in [0.3, 0.4) is 0 Å². The third-order valence-corrected chi connectivity index (χ3v) is 7.62. The van der Waals surface area contributed by atoms with Gasteiger partial charge in [-0.1, -0.05) is 0 Å². The standard InChI is InChI=1S/C25H28F3N7O3S/c1-29-23-33-21(15-5-9-19(10-6-15)39(2,37)38)34-24(35-23)32-18-7-3-16(4-8-18)22(36)31-14-17-13-30-12-11-20(17)25(26,27)28/h5-6,9-13,16,18H,3-4,7-8,14H2,1-2H3,(H,31,36)(H2,29,32,33,34,35)/t16-,18+. The second-order valence-corrected chi connectivity index (χ2v) is 11.3. The molecule has 14 heteroatoms. The molecule has 0 atom stereocenters. The van der Waals surface area contributed by atoms with Crippen molar-refractivity contribution in [1.82, 2.24) is 25.3 Å². The van der Waals surface area contributed by atoms with Crippen molar-refractivity contribution in [3.8, 4) is 11.4 Å². The highest BCUT2D eigenvalue weighted by molar-refractivity contribution is 7.90. The molecule has 39 heavy (non-hydrogen) atoms. The molecule has 2 aromatic heterocycles. The van der Waals surface area contributed by atoms with Crippen LogP contribution in [0.1, 0.15) is 36.8 Å². The number of rotatable bonds is 8. The van der Waals surface area contributed by atoms with Crippen LogP contribution >= 0.6 is 0 Å². The topological polar surface area (TPSA) is 139 Å². The summed E-state index contributed by atoms with van der Waals surface area (Å²) < 4.78 is 63.1. The Hall–Kier alpha value is -3.81. The number of anilines is 2. The third-order valence-electron chi connectivity index (χ3n) is 6.49. The monoisotopic (exact) mass is 563 g/mol. The van der Waals surface area contributed by atoms with E-state index in [1.807, 2.05) is 0 Å². The van der Waals surface area contributed by atoms with E-state index in [0.717, 1.165) is 24.7 Å². The quantitative estimate of drug-likeness (QED) is 0.375. The van der Waals surface area contributed by atoms with Gasteiger partial charge in [-0.05, 0) is 56.0 Å². The minimum Gasteiger partial charge on any atom is -0.357 e. The van der Waals surface area contributed by atoms with E-state index in [4.69, 9.17) is 0 Å². The van der Waals surface area contributed by atoms with Gasteiger partial charge in [0.1, 0.15) is 0 Å². The van der Waals surface area contributed by atoms with Crippen LogP contribution in [0.15, 0.2) is 47.6 Å². The number of sulfone groups is 1. The van der Waals surface area contributed by atoms with Crippen LogP contribution < -0.4 is 16.0 Å². The molecule has 3 aromatic rings. The Balaban J connectivity index is 1.36. The fourth-order valence-corrected chi connectivity index (χ4v) is 5.02. The largest absolute Gasteiger partial charge is 0.416 e. The van der Waals surface area contributed by atoms with Crippen LogP contribution in [-0.2, 0) is 27.4 Å². The second-order valence-electron chi connectivity index (χ2n) is 9.29. The number of carbonyl (C=O) groups excluding carboxylic acids is 1. The van der Waals surface area contributed by atoms with Crippen molar-refractivity contribution in [2.75, 3.05) is 23.9 Å². The lowest BCUT2D eigenvalue weighted by Gasteiger charge is -2.28. The molecule has 2 heterocycles. The van der Waals surface area contributed by atoms with Crippen LogP contribution in [0.25, 0.3) is 11.4 Å². The molecule has 10 nitrogen and oxygen atoms in total. The van der Waals surface area contributed by atoms with Gasteiger partial charge in [0.2, 0.25) is 17.8 Å². The highest BCUT2D eigenvalue weighted by Crippen LogP contribution is 2.32. The highest BCUT2D eigenvalue weighted by atomic mass is 32.2. The number of alkyl halides is 3. The maximum Gasteiger partial charge on any atom is 0.416 e. The van der Waals surface area contributed by atoms with Gasteiger partial charge in [-0.25, -0.2) is 8.42 Å². The Morgan fingerprint density at radius 1 is 1.00 bits per heavy atom. The lowest BCUT2D eigenvalue weighted by Crippen LogP contribution is -2.36. The number of hydrogen-bond donors (Lipinski definition) is 3. The fraction of sp³-hybridized carbons (Fsp3) is 0.400. The molecule has 1 aliphatic rings. The summed E-state index contributed by atoms with van der Waals surface area (Å²) in [4.78, 5) is 29.8. The van der Waals surface area contributed by atoms with Gasteiger partial charge in [-0.15, -0.1) is 0 Å². The van der Waals surface area contributed by atoms with Gasteiger partial charge in [-0.2, -0.15) is 28.1 Å². The zero-order valence-corrected chi connectivity index (χ0v) is 22.1. The van der Waals surface area contributed by atoms with Crippen LogP contribution in [-0.4, -0.2) is 53.6 Å². The van der Waals surface area contributed by atoms with E-state index in [1.54, 1.807) is 19.2 Å². The molecule has 1 saturated carbocycles. The number of nitrogens with zero attached hydrogens (tertiary/aromatic N) is 4. The molecule has 0 saturated heterocycles. The Morgan fingerprint density at radius 2 is 1.67 bits per heavy atom. The van der Waals surface area contributed by atoms with Gasteiger partial charge in [0.15, 0.2) is 15.7 Å². The summed E-state index contributed by atoms with van der Waals surface area (Å²) in [6.45, 7) is -0.245. The van der Waals surface area contributed by atoms with Gasteiger partial charge in [0.25, 0.3) is 0 Å². The number of amides is 1. The molecule has 0 radical (unpaired) electrons. The minimum atomic E-state index is -4.52. The number of benzene rings is 1. The molecule has 1 amide bonds. The van der Waals surface area contributed by atoms with Crippen molar-refractivity contribution in [2.24, 2.45) is 5.92 Å². The fourth-order valence-electron chi connectivity index (χ4n) is 4.39. The predicted octanol–water partition coefficient (Wildman–Crippen LogP) is 3.68. The molecule has 1 aromatic carbocycles. The first-order valence-corrected chi connectivity index (χ1v) is 14.1. The molecule has 0 aliphatic heterocycles. The van der Waals surface area contributed by atoms with Gasteiger partial charge < -0.3 is 16.0 Å². The van der Waals surface area contributed by atoms with Crippen LogP contribution in [0.4, 0.5) is 25.1 Å². The molecular weight excluding hydrogens is 535 g/mol. The average molecular weight is 564 g/mol. The van der Waals surface area contributed by atoms with E-state index in [-0.39, 0.29) is 34.9 Å². The molecule has 4 rings (SSSR count). The molecule has 1 fully saturated rings. The molecule has 208 valence electrons. The molecule has 0 unspecified atom stereocenters. The van der Waals surface area contributed by atoms with E-state index >= 15 is 0 Å². The molecule has 0 spiro atoms. The third kappa shape index (κ3) is 7.19. The number of hydrogen-bond acceptors (Lipinski definition) is 9. The van der Waals surface area contributed by atoms with E-state index in [0.29, 0.717) is 49.0 Å². The average Bonchev–Trinajstić information content (AvgIpc) is 2.91. The number of pyridine rings is 1. The summed E-state index contributed by atoms with van der Waals surface area (Å²) in [5.74, 6) is 0.419.